The summed E-state index contributed by atoms with van der Waals surface area (Å²) in [6.07, 6.45) is 0. The lowest BCUT2D eigenvalue weighted by molar-refractivity contribution is -0.146. The fourth-order valence-corrected chi connectivity index (χ4v) is 2.52. The van der Waals surface area contributed by atoms with Gasteiger partial charge in [-0.15, -0.1) is 0 Å². The number of anilines is 2. The van der Waals surface area contributed by atoms with E-state index in [0.717, 1.165) is 23.1 Å². The maximum absolute atomic E-state index is 13.5. The van der Waals surface area contributed by atoms with Crippen LogP contribution in [-0.4, -0.2) is 36.7 Å². The van der Waals surface area contributed by atoms with Gasteiger partial charge in [0.25, 0.3) is 17.6 Å². The van der Waals surface area contributed by atoms with E-state index in [1.807, 2.05) is 5.32 Å². The van der Waals surface area contributed by atoms with Crippen molar-refractivity contribution < 1.29 is 32.7 Å². The highest BCUT2D eigenvalue weighted by Crippen LogP contribution is 2.28. The molecular formula is C18H12F2N2O5. The molecule has 9 heteroatoms. The number of rotatable bonds is 5. The summed E-state index contributed by atoms with van der Waals surface area (Å²) >= 11 is 0. The van der Waals surface area contributed by atoms with Gasteiger partial charge in [-0.25, -0.2) is 8.78 Å². The molecule has 0 aromatic heterocycles. The van der Waals surface area contributed by atoms with Crippen LogP contribution in [0.25, 0.3) is 0 Å². The van der Waals surface area contributed by atoms with Gasteiger partial charge in [0.05, 0.1) is 11.3 Å². The van der Waals surface area contributed by atoms with Crippen molar-refractivity contribution in [3.05, 3.63) is 59.7 Å². The Morgan fingerprint density at radius 3 is 2.37 bits per heavy atom. The van der Waals surface area contributed by atoms with E-state index in [1.54, 1.807) is 12.1 Å². The monoisotopic (exact) mass is 374 g/mol. The van der Waals surface area contributed by atoms with Crippen LogP contribution in [0.15, 0.2) is 42.5 Å². The van der Waals surface area contributed by atoms with Gasteiger partial charge in [-0.3, -0.25) is 24.1 Å². The predicted molar refractivity (Wildman–Crippen MR) is 89.1 cm³/mol. The number of nitrogens with one attached hydrogen (secondary N) is 1. The van der Waals surface area contributed by atoms with Gasteiger partial charge >= 0.3 is 5.97 Å². The molecule has 0 unspecified atom stereocenters. The fraction of sp³-hybridized carbons (Fsp3) is 0.111. The minimum atomic E-state index is -0.979. The van der Waals surface area contributed by atoms with Gasteiger partial charge in [0.1, 0.15) is 23.9 Å². The van der Waals surface area contributed by atoms with Gasteiger partial charge in [0.2, 0.25) is 0 Å². The lowest BCUT2D eigenvalue weighted by Crippen LogP contribution is -2.36. The highest BCUT2D eigenvalue weighted by Gasteiger charge is 2.36. The van der Waals surface area contributed by atoms with Gasteiger partial charge in [0, 0.05) is 0 Å². The first-order valence-corrected chi connectivity index (χ1v) is 7.73. The summed E-state index contributed by atoms with van der Waals surface area (Å²) in [7, 11) is 0. The van der Waals surface area contributed by atoms with Crippen molar-refractivity contribution in [3.8, 4) is 0 Å². The molecule has 1 aliphatic rings. The number of ether oxygens (including phenoxy) is 1. The highest BCUT2D eigenvalue weighted by molar-refractivity contribution is 6.52. The number of amides is 2. The van der Waals surface area contributed by atoms with Crippen LogP contribution < -0.4 is 10.2 Å². The zero-order chi connectivity index (χ0) is 19.6. The number of Topliss-reactive ketones (excluding diaryl/α,β-unsaturated/α-hetero) is 1. The zero-order valence-electron chi connectivity index (χ0n) is 13.7. The average molecular weight is 374 g/mol. The SMILES string of the molecule is O=C(COC(=O)CN1C(=O)C(=O)c2ccccc21)Nc1c(F)cccc1F. The summed E-state index contributed by atoms with van der Waals surface area (Å²) in [5.41, 5.74) is -0.224. The summed E-state index contributed by atoms with van der Waals surface area (Å²) in [6, 6.07) is 9.18. The number of carbonyl (C=O) groups excluding carboxylic acids is 4. The van der Waals surface area contributed by atoms with Crippen LogP contribution in [0, 0.1) is 11.6 Å². The average Bonchev–Trinajstić information content (AvgIpc) is 2.88. The molecule has 7 nitrogen and oxygen atoms in total. The number of benzene rings is 2. The number of para-hydroxylation sites is 2. The van der Waals surface area contributed by atoms with Gasteiger partial charge < -0.3 is 10.1 Å². The largest absolute Gasteiger partial charge is 0.454 e. The van der Waals surface area contributed by atoms with E-state index in [2.05, 4.69) is 0 Å². The molecule has 2 aromatic carbocycles. The molecule has 2 amide bonds. The molecule has 1 heterocycles. The quantitative estimate of drug-likeness (QED) is 0.635. The Labute approximate surface area is 151 Å². The third-order valence-corrected chi connectivity index (χ3v) is 3.76. The summed E-state index contributed by atoms with van der Waals surface area (Å²) in [5.74, 6) is -5.51. The maximum Gasteiger partial charge on any atom is 0.326 e. The Kier molecular flexibility index (Phi) is 4.93. The van der Waals surface area contributed by atoms with Crippen LogP contribution in [0.3, 0.4) is 0 Å². The summed E-state index contributed by atoms with van der Waals surface area (Å²) in [6.45, 7) is -1.40. The van der Waals surface area contributed by atoms with Crippen molar-refractivity contribution in [2.75, 3.05) is 23.4 Å². The van der Waals surface area contributed by atoms with Crippen molar-refractivity contribution in [1.29, 1.82) is 0 Å². The molecule has 0 bridgehead atoms. The van der Waals surface area contributed by atoms with Crippen molar-refractivity contribution in [3.63, 3.8) is 0 Å². The van der Waals surface area contributed by atoms with E-state index in [-0.39, 0.29) is 11.3 Å². The van der Waals surface area contributed by atoms with E-state index >= 15 is 0 Å². The lowest BCUT2D eigenvalue weighted by atomic mass is 10.1. The minimum Gasteiger partial charge on any atom is -0.454 e. The van der Waals surface area contributed by atoms with Gasteiger partial charge in [-0.05, 0) is 24.3 Å². The Balaban J connectivity index is 1.58. The molecule has 1 N–H and O–H groups in total. The van der Waals surface area contributed by atoms with Gasteiger partial charge in [-0.2, -0.15) is 0 Å². The van der Waals surface area contributed by atoms with Gasteiger partial charge in [-0.1, -0.05) is 18.2 Å². The first-order chi connectivity index (χ1) is 12.9. The molecule has 0 aliphatic carbocycles. The third-order valence-electron chi connectivity index (χ3n) is 3.76. The molecule has 0 fully saturated rings. The van der Waals surface area contributed by atoms with Crippen molar-refractivity contribution in [2.24, 2.45) is 0 Å². The second-order valence-corrected chi connectivity index (χ2v) is 5.54. The highest BCUT2D eigenvalue weighted by atomic mass is 19.1. The Hall–Kier alpha value is -3.62. The molecule has 0 saturated carbocycles. The smallest absolute Gasteiger partial charge is 0.326 e. The summed E-state index contributed by atoms with van der Waals surface area (Å²) in [4.78, 5) is 48.4. The molecule has 1 aliphatic heterocycles. The first kappa shape index (κ1) is 18.2. The molecule has 0 atom stereocenters. The van der Waals surface area contributed by atoms with E-state index in [0.29, 0.717) is 0 Å². The second kappa shape index (κ2) is 7.32. The molecule has 0 saturated heterocycles. The summed E-state index contributed by atoms with van der Waals surface area (Å²) in [5, 5.41) is 1.96. The molecule has 3 rings (SSSR count). The first-order valence-electron chi connectivity index (χ1n) is 7.73. The molecule has 138 valence electrons. The molecule has 27 heavy (non-hydrogen) atoms. The minimum absolute atomic E-state index is 0.170. The third kappa shape index (κ3) is 3.66. The topological polar surface area (TPSA) is 92.8 Å². The number of nitrogens with zero attached hydrogens (tertiary/aromatic N) is 1. The number of hydrogen-bond acceptors (Lipinski definition) is 5. The zero-order valence-corrected chi connectivity index (χ0v) is 13.7. The fourth-order valence-electron chi connectivity index (χ4n) is 2.52. The van der Waals surface area contributed by atoms with Crippen LogP contribution >= 0.6 is 0 Å². The molecular weight excluding hydrogens is 362 g/mol. The van der Waals surface area contributed by atoms with Crippen LogP contribution in [-0.2, 0) is 19.1 Å². The lowest BCUT2D eigenvalue weighted by Gasteiger charge is -2.15. The van der Waals surface area contributed by atoms with Gasteiger partial charge in [0.15, 0.2) is 6.61 Å². The van der Waals surface area contributed by atoms with Crippen LogP contribution in [0.2, 0.25) is 0 Å². The standard InChI is InChI=1S/C18H12F2N2O5/c19-11-5-3-6-12(20)16(11)21-14(23)9-27-15(24)8-22-13-7-2-1-4-10(13)17(25)18(22)26/h1-7H,8-9H2,(H,21,23). The molecule has 0 radical (unpaired) electrons. The number of esters is 1. The van der Waals surface area contributed by atoms with Crippen molar-refractivity contribution in [2.45, 2.75) is 0 Å². The number of fused-ring (bicyclic) bond motifs is 1. The van der Waals surface area contributed by atoms with E-state index in [1.165, 1.54) is 12.1 Å². The van der Waals surface area contributed by atoms with E-state index in [9.17, 15) is 28.0 Å². The predicted octanol–water partition coefficient (Wildman–Crippen LogP) is 1.68. The summed E-state index contributed by atoms with van der Waals surface area (Å²) < 4.78 is 31.6. The number of hydrogen-bond donors (Lipinski definition) is 1. The Bertz CT molecular complexity index is 940. The molecule has 0 spiro atoms. The maximum atomic E-state index is 13.5. The number of ketones is 1. The van der Waals surface area contributed by atoms with E-state index in [4.69, 9.17) is 4.74 Å². The van der Waals surface area contributed by atoms with E-state index < -0.39 is 54.0 Å². The Morgan fingerprint density at radius 2 is 1.67 bits per heavy atom. The normalized spacial score (nSPS) is 12.7. The second-order valence-electron chi connectivity index (χ2n) is 5.54. The van der Waals surface area contributed by atoms with Crippen molar-refractivity contribution in [1.82, 2.24) is 0 Å². The number of halogens is 2. The Morgan fingerprint density at radius 1 is 1.00 bits per heavy atom. The molecule has 2 aromatic rings. The van der Waals surface area contributed by atoms with Crippen molar-refractivity contribution >= 4 is 34.9 Å². The van der Waals surface area contributed by atoms with Crippen LogP contribution in [0.1, 0.15) is 10.4 Å². The number of carbonyl (C=O) groups is 4. The van der Waals surface area contributed by atoms with Crippen LogP contribution in [0.4, 0.5) is 20.2 Å². The van der Waals surface area contributed by atoms with Crippen LogP contribution in [0.5, 0.6) is 0 Å².